The fourth-order valence-electron chi connectivity index (χ4n) is 0.962. The van der Waals surface area contributed by atoms with Gasteiger partial charge in [0.25, 0.3) is 0 Å². The third-order valence-corrected chi connectivity index (χ3v) is 1.96. The van der Waals surface area contributed by atoms with Gasteiger partial charge in [0.2, 0.25) is 0 Å². The molecule has 0 saturated heterocycles. The van der Waals surface area contributed by atoms with Crippen LogP contribution in [0.25, 0.3) is 0 Å². The Morgan fingerprint density at radius 1 is 1.31 bits per heavy atom. The van der Waals surface area contributed by atoms with Gasteiger partial charge in [-0.1, -0.05) is 6.07 Å². The Hall–Kier alpha value is -0.670. The number of alkyl halides is 1. The van der Waals surface area contributed by atoms with Crippen LogP contribution in [0.15, 0.2) is 18.2 Å². The number of aliphatic hydroxyl groups excluding tert-OH is 1. The van der Waals surface area contributed by atoms with Gasteiger partial charge < -0.3 is 5.11 Å². The van der Waals surface area contributed by atoms with Gasteiger partial charge in [0.1, 0.15) is 0 Å². The van der Waals surface area contributed by atoms with Crippen molar-refractivity contribution in [2.45, 2.75) is 18.4 Å². The number of halogens is 3. The molecule has 4 heteroatoms. The lowest BCUT2D eigenvalue weighted by Gasteiger charge is -2.12. The monoisotopic (exact) mass is 206 g/mol. The summed E-state index contributed by atoms with van der Waals surface area (Å²) < 4.78 is 25.1. The van der Waals surface area contributed by atoms with E-state index in [0.29, 0.717) is 0 Å². The molecule has 0 spiro atoms. The fraction of sp³-hybridized carbons (Fsp3) is 0.333. The van der Waals surface area contributed by atoms with E-state index in [2.05, 4.69) is 0 Å². The minimum atomic E-state index is -0.978. The van der Waals surface area contributed by atoms with E-state index in [1.165, 1.54) is 6.07 Å². The van der Waals surface area contributed by atoms with Gasteiger partial charge in [-0.25, -0.2) is 8.78 Å². The van der Waals surface area contributed by atoms with E-state index in [0.717, 1.165) is 12.1 Å². The molecule has 0 amide bonds. The van der Waals surface area contributed by atoms with Crippen LogP contribution in [-0.2, 0) is 0 Å². The van der Waals surface area contributed by atoms with Crippen LogP contribution in [0.5, 0.6) is 0 Å². The summed E-state index contributed by atoms with van der Waals surface area (Å²) in [6.45, 7) is 1.58. The normalized spacial score (nSPS) is 15.5. The smallest absolute Gasteiger partial charge is 0.159 e. The van der Waals surface area contributed by atoms with Crippen molar-refractivity contribution in [1.82, 2.24) is 0 Å². The van der Waals surface area contributed by atoms with Gasteiger partial charge in [-0.3, -0.25) is 0 Å². The first kappa shape index (κ1) is 10.4. The zero-order chi connectivity index (χ0) is 10.0. The van der Waals surface area contributed by atoms with Gasteiger partial charge in [-0.2, -0.15) is 0 Å². The standard InChI is InChI=1S/C9H9ClF2O/c1-5(10)9(13)6-2-3-7(11)8(12)4-6/h2-5,9,13H,1H3. The molecule has 0 radical (unpaired) electrons. The molecular weight excluding hydrogens is 198 g/mol. The quantitative estimate of drug-likeness (QED) is 0.738. The maximum absolute atomic E-state index is 12.7. The van der Waals surface area contributed by atoms with Crippen molar-refractivity contribution in [2.75, 3.05) is 0 Å². The minimum absolute atomic E-state index is 0.279. The summed E-state index contributed by atoms with van der Waals surface area (Å²) >= 11 is 5.59. The molecule has 0 saturated carbocycles. The second kappa shape index (κ2) is 4.03. The summed E-state index contributed by atoms with van der Waals surface area (Å²) in [5.41, 5.74) is 0.279. The van der Waals surface area contributed by atoms with Gasteiger partial charge in [0.15, 0.2) is 11.6 Å². The van der Waals surface area contributed by atoms with Crippen molar-refractivity contribution in [3.8, 4) is 0 Å². The van der Waals surface area contributed by atoms with Gasteiger partial charge >= 0.3 is 0 Å². The molecule has 0 fully saturated rings. The third-order valence-electron chi connectivity index (χ3n) is 1.72. The summed E-state index contributed by atoms with van der Waals surface area (Å²) in [6, 6.07) is 3.22. The number of hydrogen-bond acceptors (Lipinski definition) is 1. The molecule has 0 bridgehead atoms. The molecule has 1 aromatic rings. The maximum atomic E-state index is 12.7. The molecule has 1 N–H and O–H groups in total. The van der Waals surface area contributed by atoms with Gasteiger partial charge in [0, 0.05) is 0 Å². The van der Waals surface area contributed by atoms with Crippen LogP contribution in [0.1, 0.15) is 18.6 Å². The van der Waals surface area contributed by atoms with E-state index < -0.39 is 23.1 Å². The lowest BCUT2D eigenvalue weighted by atomic mass is 10.1. The largest absolute Gasteiger partial charge is 0.387 e. The van der Waals surface area contributed by atoms with Gasteiger partial charge in [-0.15, -0.1) is 11.6 Å². The van der Waals surface area contributed by atoms with Gasteiger partial charge in [0.05, 0.1) is 11.5 Å². The van der Waals surface area contributed by atoms with E-state index in [-0.39, 0.29) is 5.56 Å². The van der Waals surface area contributed by atoms with Crippen LogP contribution < -0.4 is 0 Å². The zero-order valence-corrected chi connectivity index (χ0v) is 7.72. The highest BCUT2D eigenvalue weighted by molar-refractivity contribution is 6.20. The Bertz CT molecular complexity index is 302. The van der Waals surface area contributed by atoms with Crippen molar-refractivity contribution in [3.63, 3.8) is 0 Å². The second-order valence-corrected chi connectivity index (χ2v) is 3.48. The predicted molar refractivity (Wildman–Crippen MR) is 46.6 cm³/mol. The fourth-order valence-corrected chi connectivity index (χ4v) is 1.11. The number of rotatable bonds is 2. The van der Waals surface area contributed by atoms with Crippen LogP contribution in [-0.4, -0.2) is 10.5 Å². The van der Waals surface area contributed by atoms with Crippen molar-refractivity contribution in [1.29, 1.82) is 0 Å². The Morgan fingerprint density at radius 3 is 2.38 bits per heavy atom. The van der Waals surface area contributed by atoms with E-state index in [4.69, 9.17) is 11.6 Å². The average Bonchev–Trinajstić information content (AvgIpc) is 2.08. The van der Waals surface area contributed by atoms with Crippen molar-refractivity contribution in [2.24, 2.45) is 0 Å². The van der Waals surface area contributed by atoms with E-state index >= 15 is 0 Å². The Kier molecular flexibility index (Phi) is 3.22. The second-order valence-electron chi connectivity index (χ2n) is 2.80. The van der Waals surface area contributed by atoms with Crippen LogP contribution in [0.4, 0.5) is 8.78 Å². The lowest BCUT2D eigenvalue weighted by molar-refractivity contribution is 0.176. The molecule has 2 atom stereocenters. The molecule has 2 unspecified atom stereocenters. The summed E-state index contributed by atoms with van der Waals surface area (Å²) in [5.74, 6) is -1.91. The predicted octanol–water partition coefficient (Wildman–Crippen LogP) is 2.63. The highest BCUT2D eigenvalue weighted by Gasteiger charge is 2.15. The molecule has 72 valence electrons. The molecule has 0 aromatic heterocycles. The summed E-state index contributed by atoms with van der Waals surface area (Å²) in [5, 5.41) is 8.85. The Balaban J connectivity index is 2.97. The molecule has 13 heavy (non-hydrogen) atoms. The van der Waals surface area contributed by atoms with E-state index in [9.17, 15) is 13.9 Å². The molecule has 0 aliphatic carbocycles. The van der Waals surface area contributed by atoms with Crippen molar-refractivity contribution >= 4 is 11.6 Å². The van der Waals surface area contributed by atoms with E-state index in [1.54, 1.807) is 6.92 Å². The Morgan fingerprint density at radius 2 is 1.92 bits per heavy atom. The first-order chi connectivity index (χ1) is 6.02. The SMILES string of the molecule is CC(Cl)C(O)c1ccc(F)c(F)c1. The maximum Gasteiger partial charge on any atom is 0.159 e. The first-order valence-corrected chi connectivity index (χ1v) is 4.23. The molecule has 1 nitrogen and oxygen atoms in total. The number of benzene rings is 1. The van der Waals surface area contributed by atoms with Crippen LogP contribution >= 0.6 is 11.6 Å². The van der Waals surface area contributed by atoms with Crippen molar-refractivity contribution < 1.29 is 13.9 Å². The summed E-state index contributed by atoms with van der Waals surface area (Å²) in [6.07, 6.45) is -0.975. The minimum Gasteiger partial charge on any atom is -0.387 e. The van der Waals surface area contributed by atoms with Crippen LogP contribution in [0.2, 0.25) is 0 Å². The van der Waals surface area contributed by atoms with Crippen LogP contribution in [0.3, 0.4) is 0 Å². The lowest BCUT2D eigenvalue weighted by Crippen LogP contribution is -2.08. The Labute approximate surface area is 80.0 Å². The highest BCUT2D eigenvalue weighted by atomic mass is 35.5. The molecule has 0 aliphatic heterocycles. The molecule has 0 heterocycles. The summed E-state index contributed by atoms with van der Waals surface area (Å²) in [4.78, 5) is 0. The topological polar surface area (TPSA) is 20.2 Å². The number of aliphatic hydroxyl groups is 1. The third kappa shape index (κ3) is 2.39. The van der Waals surface area contributed by atoms with Gasteiger partial charge in [-0.05, 0) is 24.6 Å². The summed E-state index contributed by atoms with van der Waals surface area (Å²) in [7, 11) is 0. The molecule has 1 aromatic carbocycles. The van der Waals surface area contributed by atoms with Crippen LogP contribution in [0, 0.1) is 11.6 Å². The molecule has 0 aliphatic rings. The first-order valence-electron chi connectivity index (χ1n) is 3.79. The molecular formula is C9H9ClF2O. The van der Waals surface area contributed by atoms with E-state index in [1.807, 2.05) is 0 Å². The zero-order valence-electron chi connectivity index (χ0n) is 6.97. The molecule has 1 rings (SSSR count). The highest BCUT2D eigenvalue weighted by Crippen LogP contribution is 2.21. The average molecular weight is 207 g/mol. The number of hydrogen-bond donors (Lipinski definition) is 1. The van der Waals surface area contributed by atoms with Crippen molar-refractivity contribution in [3.05, 3.63) is 35.4 Å².